The molecule has 0 N–H and O–H groups in total. The maximum absolute atomic E-state index is 5.76. The Bertz CT molecular complexity index is 644. The first kappa shape index (κ1) is 28.2. The van der Waals surface area contributed by atoms with Crippen molar-refractivity contribution in [3.05, 3.63) is 0 Å². The van der Waals surface area contributed by atoms with Gasteiger partial charge in [0.1, 0.15) is 0 Å². The molecule has 6 unspecified atom stereocenters. The van der Waals surface area contributed by atoms with Crippen LogP contribution in [0.25, 0.3) is 0 Å². The fourth-order valence-corrected chi connectivity index (χ4v) is 11.3. The van der Waals surface area contributed by atoms with Crippen molar-refractivity contribution in [2.45, 2.75) is 93.2 Å². The molecule has 4 nitrogen and oxygen atoms in total. The molecule has 6 atom stereocenters. The Labute approximate surface area is 221 Å². The zero-order valence-corrected chi connectivity index (χ0v) is 25.1. The Balaban J connectivity index is 1.57. The van der Waals surface area contributed by atoms with Gasteiger partial charge in [-0.1, -0.05) is 55.4 Å². The minimum atomic E-state index is 0.360. The summed E-state index contributed by atoms with van der Waals surface area (Å²) >= 11 is 2.32. The molecule has 0 amide bonds. The van der Waals surface area contributed by atoms with Gasteiger partial charge >= 0.3 is 0 Å². The number of nitrogens with zero attached hydrogens (tertiary/aromatic N) is 2. The van der Waals surface area contributed by atoms with Crippen molar-refractivity contribution in [2.75, 3.05) is 64.1 Å². The first-order valence-corrected chi connectivity index (χ1v) is 15.9. The minimum Gasteiger partial charge on any atom is -0.379 e. The first-order valence-electron chi connectivity index (χ1n) is 14.8. The lowest BCUT2D eigenvalue weighted by atomic mass is 9.63. The van der Waals surface area contributed by atoms with Gasteiger partial charge in [0.05, 0.1) is 26.4 Å². The van der Waals surface area contributed by atoms with E-state index in [4.69, 9.17) is 9.47 Å². The van der Waals surface area contributed by atoms with Gasteiger partial charge in [-0.2, -0.15) is 11.8 Å². The van der Waals surface area contributed by atoms with E-state index in [1.54, 1.807) is 0 Å². The molecule has 0 bridgehead atoms. The van der Waals surface area contributed by atoms with Gasteiger partial charge in [-0.3, -0.25) is 9.80 Å². The highest BCUT2D eigenvalue weighted by atomic mass is 32.2. The second kappa shape index (κ2) is 10.8. The molecule has 2 aliphatic carbocycles. The Morgan fingerprint density at radius 3 is 1.31 bits per heavy atom. The summed E-state index contributed by atoms with van der Waals surface area (Å²) in [6.45, 7) is 28.5. The maximum Gasteiger partial charge on any atom is 0.0594 e. The van der Waals surface area contributed by atoms with E-state index < -0.39 is 0 Å². The topological polar surface area (TPSA) is 24.9 Å². The lowest BCUT2D eigenvalue weighted by Gasteiger charge is -2.52. The molecular weight excluding hydrogens is 452 g/mol. The zero-order valence-electron chi connectivity index (χ0n) is 24.3. The molecule has 0 aromatic carbocycles. The molecular formula is C30H56N2O2S. The van der Waals surface area contributed by atoms with Crippen molar-refractivity contribution in [1.82, 2.24) is 9.80 Å². The van der Waals surface area contributed by atoms with Crippen molar-refractivity contribution >= 4 is 11.8 Å². The summed E-state index contributed by atoms with van der Waals surface area (Å²) in [4.78, 5) is 5.62. The van der Waals surface area contributed by atoms with Crippen LogP contribution in [0.2, 0.25) is 0 Å². The molecule has 35 heavy (non-hydrogen) atoms. The third-order valence-corrected chi connectivity index (χ3v) is 13.9. The molecule has 0 aromatic heterocycles. The molecule has 2 heterocycles. The fourth-order valence-electron chi connectivity index (χ4n) is 8.89. The second-order valence-electron chi connectivity index (χ2n) is 13.6. The molecule has 2 aliphatic heterocycles. The van der Waals surface area contributed by atoms with Gasteiger partial charge in [0.25, 0.3) is 0 Å². The Kier molecular flexibility index (Phi) is 8.66. The Morgan fingerprint density at radius 1 is 0.657 bits per heavy atom. The Morgan fingerprint density at radius 2 is 1.00 bits per heavy atom. The highest BCUT2D eigenvalue weighted by Gasteiger charge is 2.61. The molecule has 0 radical (unpaired) electrons. The number of hydrogen-bond donors (Lipinski definition) is 0. The first-order chi connectivity index (χ1) is 16.6. The number of morpholine rings is 2. The van der Waals surface area contributed by atoms with Gasteiger partial charge in [-0.05, 0) is 48.3 Å². The predicted molar refractivity (Wildman–Crippen MR) is 150 cm³/mol. The summed E-state index contributed by atoms with van der Waals surface area (Å²) in [6.07, 6.45) is 5.26. The summed E-state index contributed by atoms with van der Waals surface area (Å²) in [5.41, 5.74) is 1.46. The van der Waals surface area contributed by atoms with E-state index in [1.807, 2.05) is 0 Å². The second-order valence-corrected chi connectivity index (χ2v) is 14.5. The predicted octanol–water partition coefficient (Wildman–Crippen LogP) is 6.05. The van der Waals surface area contributed by atoms with Crippen molar-refractivity contribution in [1.29, 1.82) is 0 Å². The average Bonchev–Trinajstić information content (AvgIpc) is 3.19. The molecule has 4 rings (SSSR count). The molecule has 5 heteroatoms. The summed E-state index contributed by atoms with van der Waals surface area (Å²) in [5, 5.41) is 0. The van der Waals surface area contributed by atoms with E-state index in [2.05, 4.69) is 77.0 Å². The molecule has 2 saturated carbocycles. The van der Waals surface area contributed by atoms with Crippen LogP contribution >= 0.6 is 11.8 Å². The smallest absolute Gasteiger partial charge is 0.0594 e. The van der Waals surface area contributed by atoms with Gasteiger partial charge in [0, 0.05) is 60.6 Å². The highest BCUT2D eigenvalue weighted by Crippen LogP contribution is 2.63. The summed E-state index contributed by atoms with van der Waals surface area (Å²) in [6, 6.07) is 1.38. The van der Waals surface area contributed by atoms with E-state index in [9.17, 15) is 0 Å². The highest BCUT2D eigenvalue weighted by molar-refractivity contribution is 7.99. The molecule has 0 spiro atoms. The van der Waals surface area contributed by atoms with Crippen LogP contribution in [0, 0.1) is 33.5 Å². The van der Waals surface area contributed by atoms with Crippen LogP contribution in [0.15, 0.2) is 0 Å². The largest absolute Gasteiger partial charge is 0.379 e. The third kappa shape index (κ3) is 4.56. The molecule has 204 valence electrons. The van der Waals surface area contributed by atoms with Crippen LogP contribution < -0.4 is 0 Å². The fraction of sp³-hybridized carbons (Fsp3) is 1.00. The van der Waals surface area contributed by atoms with Crippen LogP contribution in [0.3, 0.4) is 0 Å². The van der Waals surface area contributed by atoms with Crippen LogP contribution in [0.1, 0.15) is 81.1 Å². The number of ether oxygens (including phenoxy) is 2. The van der Waals surface area contributed by atoms with Crippen molar-refractivity contribution in [3.8, 4) is 0 Å². The van der Waals surface area contributed by atoms with Crippen molar-refractivity contribution < 1.29 is 9.47 Å². The van der Waals surface area contributed by atoms with Gasteiger partial charge in [0.15, 0.2) is 0 Å². The number of thioether (sulfide) groups is 1. The average molecular weight is 509 g/mol. The van der Waals surface area contributed by atoms with Crippen molar-refractivity contribution in [2.24, 2.45) is 33.5 Å². The van der Waals surface area contributed by atoms with E-state index in [0.717, 1.165) is 64.4 Å². The van der Waals surface area contributed by atoms with E-state index in [-0.39, 0.29) is 0 Å². The summed E-state index contributed by atoms with van der Waals surface area (Å²) in [7, 11) is 0. The van der Waals surface area contributed by atoms with Crippen molar-refractivity contribution in [3.63, 3.8) is 0 Å². The quantitative estimate of drug-likeness (QED) is 0.398. The van der Waals surface area contributed by atoms with Gasteiger partial charge in [0.2, 0.25) is 0 Å². The molecule has 4 fully saturated rings. The maximum atomic E-state index is 5.76. The third-order valence-electron chi connectivity index (χ3n) is 12.4. The monoisotopic (exact) mass is 508 g/mol. The van der Waals surface area contributed by atoms with E-state index in [0.29, 0.717) is 33.7 Å². The molecule has 0 aromatic rings. The van der Waals surface area contributed by atoms with E-state index in [1.165, 1.54) is 37.2 Å². The van der Waals surface area contributed by atoms with E-state index >= 15 is 0 Å². The van der Waals surface area contributed by atoms with Crippen LogP contribution in [-0.2, 0) is 9.47 Å². The normalized spacial score (nSPS) is 42.5. The summed E-state index contributed by atoms with van der Waals surface area (Å²) < 4.78 is 11.5. The number of rotatable bonds is 8. The van der Waals surface area contributed by atoms with Crippen LogP contribution in [-0.4, -0.2) is 86.0 Å². The van der Waals surface area contributed by atoms with Crippen LogP contribution in [0.5, 0.6) is 0 Å². The zero-order chi connectivity index (χ0) is 25.5. The molecule has 2 saturated heterocycles. The van der Waals surface area contributed by atoms with Gasteiger partial charge < -0.3 is 9.47 Å². The lowest BCUT2D eigenvalue weighted by Crippen LogP contribution is -2.55. The lowest BCUT2D eigenvalue weighted by molar-refractivity contribution is -0.0328. The van der Waals surface area contributed by atoms with Gasteiger partial charge in [-0.25, -0.2) is 0 Å². The number of hydrogen-bond acceptors (Lipinski definition) is 5. The van der Waals surface area contributed by atoms with Gasteiger partial charge in [-0.15, -0.1) is 0 Å². The standard InChI is InChI=1S/C30H56N2O2S/c1-9-29(25(19-23(3)27(29,5)6)31-11-15-33-16-12-31)21-35-22-30(10-2)26(20-24(4)28(30,7)8)32-13-17-34-18-14-32/h23-26H,9-22H2,1-8H3. The van der Waals surface area contributed by atoms with Crippen LogP contribution in [0.4, 0.5) is 0 Å². The minimum absolute atomic E-state index is 0.360. The summed E-state index contributed by atoms with van der Waals surface area (Å²) in [5.74, 6) is 4.12. The molecule has 4 aliphatic rings. The SMILES string of the molecule is CCC1(CSCC2(CC)C(N3CCOCC3)CC(C)C2(C)C)C(N2CCOCC2)CC(C)C1(C)C. The Hall–Kier alpha value is 0.190.